The van der Waals surface area contributed by atoms with Crippen LogP contribution in [0, 0.1) is 0 Å². The fourth-order valence-corrected chi connectivity index (χ4v) is 1.24. The molecule has 1 aromatic rings. The van der Waals surface area contributed by atoms with E-state index in [9.17, 15) is 4.79 Å². The molecule has 0 saturated carbocycles. The Morgan fingerprint density at radius 1 is 1.47 bits per heavy atom. The van der Waals surface area contributed by atoms with Crippen molar-refractivity contribution in [2.45, 2.75) is 13.0 Å². The molecule has 0 aliphatic heterocycles. The molecule has 0 saturated heterocycles. The van der Waals surface area contributed by atoms with Crippen LogP contribution in [0.5, 0.6) is 0 Å². The van der Waals surface area contributed by atoms with Crippen LogP contribution in [0.15, 0.2) is 24.3 Å². The lowest BCUT2D eigenvalue weighted by atomic mass is 10.2. The molecule has 3 nitrogen and oxygen atoms in total. The molecular weight excluding hydrogens is 237 g/mol. The first-order chi connectivity index (χ1) is 6.65. The van der Waals surface area contributed by atoms with Crippen LogP contribution in [0.2, 0.25) is 5.02 Å². The van der Waals surface area contributed by atoms with E-state index in [1.54, 1.807) is 13.0 Å². The number of anilines is 1. The van der Waals surface area contributed by atoms with Gasteiger partial charge in [0.25, 0.3) is 0 Å². The van der Waals surface area contributed by atoms with Crippen LogP contribution >= 0.6 is 24.0 Å². The molecule has 0 amide bonds. The minimum absolute atomic E-state index is 0. The average molecular weight is 250 g/mol. The first-order valence-electron chi connectivity index (χ1n) is 4.24. The molecule has 0 heterocycles. The summed E-state index contributed by atoms with van der Waals surface area (Å²) in [6.45, 7) is 1.72. The van der Waals surface area contributed by atoms with Crippen molar-refractivity contribution in [3.63, 3.8) is 0 Å². The molecule has 0 unspecified atom stereocenters. The van der Waals surface area contributed by atoms with Crippen molar-refractivity contribution in [2.75, 3.05) is 12.4 Å². The maximum Gasteiger partial charge on any atom is 0.327 e. The Balaban J connectivity index is 0.00000196. The van der Waals surface area contributed by atoms with Gasteiger partial charge in [-0.3, -0.25) is 0 Å². The number of esters is 1. The van der Waals surface area contributed by atoms with Crippen LogP contribution in [0.1, 0.15) is 6.92 Å². The SMILES string of the molecule is COC(=O)[C@@H](C)Nc1ccccc1Cl.Cl. The third-order valence-corrected chi connectivity index (χ3v) is 2.13. The number of benzene rings is 1. The van der Waals surface area contributed by atoms with Crippen LogP contribution in [0.4, 0.5) is 5.69 Å². The molecule has 0 bridgehead atoms. The molecule has 0 aliphatic rings. The van der Waals surface area contributed by atoms with E-state index in [-0.39, 0.29) is 18.4 Å². The van der Waals surface area contributed by atoms with Gasteiger partial charge in [0.05, 0.1) is 17.8 Å². The number of ether oxygens (including phenoxy) is 1. The number of halogens is 2. The van der Waals surface area contributed by atoms with Crippen LogP contribution in [0.3, 0.4) is 0 Å². The van der Waals surface area contributed by atoms with Gasteiger partial charge in [-0.05, 0) is 19.1 Å². The van der Waals surface area contributed by atoms with Gasteiger partial charge in [0.15, 0.2) is 0 Å². The summed E-state index contributed by atoms with van der Waals surface area (Å²) in [5, 5.41) is 3.54. The van der Waals surface area contributed by atoms with Crippen molar-refractivity contribution in [3.05, 3.63) is 29.3 Å². The molecular formula is C10H13Cl2NO2. The Hall–Kier alpha value is -0.930. The van der Waals surface area contributed by atoms with Gasteiger partial charge in [0.1, 0.15) is 6.04 Å². The molecule has 1 atom stereocenters. The van der Waals surface area contributed by atoms with Crippen molar-refractivity contribution < 1.29 is 9.53 Å². The second-order valence-electron chi connectivity index (χ2n) is 2.87. The number of hydrogen-bond acceptors (Lipinski definition) is 3. The molecule has 1 N–H and O–H groups in total. The Bertz CT molecular complexity index is 331. The lowest BCUT2D eigenvalue weighted by Crippen LogP contribution is -2.27. The normalized spacial score (nSPS) is 11.1. The maximum atomic E-state index is 11.1. The summed E-state index contributed by atoms with van der Waals surface area (Å²) in [6, 6.07) is 6.84. The maximum absolute atomic E-state index is 11.1. The molecule has 1 aromatic carbocycles. The molecule has 0 spiro atoms. The highest BCUT2D eigenvalue weighted by atomic mass is 35.5. The lowest BCUT2D eigenvalue weighted by Gasteiger charge is -2.13. The number of carbonyl (C=O) groups is 1. The Morgan fingerprint density at radius 2 is 2.07 bits per heavy atom. The minimum atomic E-state index is -0.403. The average Bonchev–Trinajstić information content (AvgIpc) is 2.20. The zero-order valence-electron chi connectivity index (χ0n) is 8.49. The number of para-hydroxylation sites is 1. The van der Waals surface area contributed by atoms with Crippen molar-refractivity contribution in [1.82, 2.24) is 0 Å². The van der Waals surface area contributed by atoms with E-state index in [1.165, 1.54) is 7.11 Å². The highest BCUT2D eigenvalue weighted by molar-refractivity contribution is 6.33. The first-order valence-corrected chi connectivity index (χ1v) is 4.62. The van der Waals surface area contributed by atoms with Gasteiger partial charge in [-0.15, -0.1) is 12.4 Å². The van der Waals surface area contributed by atoms with E-state index in [4.69, 9.17) is 11.6 Å². The number of carbonyl (C=O) groups excluding carboxylic acids is 1. The minimum Gasteiger partial charge on any atom is -0.467 e. The number of hydrogen-bond donors (Lipinski definition) is 1. The molecule has 0 aromatic heterocycles. The van der Waals surface area contributed by atoms with Gasteiger partial charge in [-0.1, -0.05) is 23.7 Å². The van der Waals surface area contributed by atoms with E-state index in [0.29, 0.717) is 5.02 Å². The molecule has 0 fully saturated rings. The fraction of sp³-hybridized carbons (Fsp3) is 0.300. The third kappa shape index (κ3) is 3.98. The van der Waals surface area contributed by atoms with E-state index in [2.05, 4.69) is 10.1 Å². The van der Waals surface area contributed by atoms with Crippen LogP contribution in [-0.4, -0.2) is 19.1 Å². The van der Waals surface area contributed by atoms with E-state index < -0.39 is 6.04 Å². The van der Waals surface area contributed by atoms with Crippen LogP contribution in [-0.2, 0) is 9.53 Å². The zero-order valence-corrected chi connectivity index (χ0v) is 10.1. The summed E-state index contributed by atoms with van der Waals surface area (Å²) in [6.07, 6.45) is 0. The Kier molecular flexibility index (Phi) is 6.13. The molecule has 1 rings (SSSR count). The number of rotatable bonds is 3. The van der Waals surface area contributed by atoms with Crippen molar-refractivity contribution in [2.24, 2.45) is 0 Å². The molecule has 0 radical (unpaired) electrons. The van der Waals surface area contributed by atoms with Gasteiger partial charge in [0.2, 0.25) is 0 Å². The smallest absolute Gasteiger partial charge is 0.327 e. The second kappa shape index (κ2) is 6.53. The van der Waals surface area contributed by atoms with E-state index in [1.807, 2.05) is 18.2 Å². The summed E-state index contributed by atoms with van der Waals surface area (Å²) in [7, 11) is 1.35. The largest absolute Gasteiger partial charge is 0.467 e. The van der Waals surface area contributed by atoms with Crippen LogP contribution in [0.25, 0.3) is 0 Å². The predicted octanol–water partition coefficient (Wildman–Crippen LogP) is 2.74. The lowest BCUT2D eigenvalue weighted by molar-refractivity contribution is -0.141. The van der Waals surface area contributed by atoms with Gasteiger partial charge < -0.3 is 10.1 Å². The quantitative estimate of drug-likeness (QED) is 0.838. The standard InChI is InChI=1S/C10H12ClNO2.ClH/c1-7(10(13)14-2)12-9-6-4-3-5-8(9)11;/h3-7,12H,1-2H3;1H/t7-;/m1./s1. The first kappa shape index (κ1) is 14.1. The summed E-state index contributed by atoms with van der Waals surface area (Å²) in [4.78, 5) is 11.1. The highest BCUT2D eigenvalue weighted by Crippen LogP contribution is 2.21. The zero-order chi connectivity index (χ0) is 10.6. The summed E-state index contributed by atoms with van der Waals surface area (Å²) >= 11 is 5.90. The van der Waals surface area contributed by atoms with E-state index >= 15 is 0 Å². The molecule has 5 heteroatoms. The molecule has 84 valence electrons. The van der Waals surface area contributed by atoms with Crippen LogP contribution < -0.4 is 5.32 Å². The van der Waals surface area contributed by atoms with Gasteiger partial charge in [-0.2, -0.15) is 0 Å². The number of methoxy groups -OCH3 is 1. The molecule has 15 heavy (non-hydrogen) atoms. The summed E-state index contributed by atoms with van der Waals surface area (Å²) in [5.41, 5.74) is 0.729. The monoisotopic (exact) mass is 249 g/mol. The summed E-state index contributed by atoms with van der Waals surface area (Å²) < 4.78 is 4.58. The Labute approximate surface area is 100 Å². The van der Waals surface area contributed by atoms with Crippen molar-refractivity contribution in [1.29, 1.82) is 0 Å². The molecule has 0 aliphatic carbocycles. The van der Waals surface area contributed by atoms with Crippen molar-refractivity contribution >= 4 is 35.7 Å². The number of nitrogens with one attached hydrogen (secondary N) is 1. The highest BCUT2D eigenvalue weighted by Gasteiger charge is 2.13. The Morgan fingerprint density at radius 3 is 2.60 bits per heavy atom. The van der Waals surface area contributed by atoms with Crippen molar-refractivity contribution in [3.8, 4) is 0 Å². The fourth-order valence-electron chi connectivity index (χ4n) is 1.05. The van der Waals surface area contributed by atoms with Gasteiger partial charge in [-0.25, -0.2) is 4.79 Å². The third-order valence-electron chi connectivity index (χ3n) is 1.80. The topological polar surface area (TPSA) is 38.3 Å². The van der Waals surface area contributed by atoms with Gasteiger partial charge in [0, 0.05) is 0 Å². The second-order valence-corrected chi connectivity index (χ2v) is 3.28. The van der Waals surface area contributed by atoms with Gasteiger partial charge >= 0.3 is 5.97 Å². The van der Waals surface area contributed by atoms with E-state index in [0.717, 1.165) is 5.69 Å². The summed E-state index contributed by atoms with van der Waals surface area (Å²) in [5.74, 6) is -0.315. The predicted molar refractivity (Wildman–Crippen MR) is 63.8 cm³/mol.